The molecule has 0 aromatic heterocycles. The van der Waals surface area contributed by atoms with Gasteiger partial charge in [-0.2, -0.15) is 0 Å². The Morgan fingerprint density at radius 2 is 1.55 bits per heavy atom. The number of hydrogen-bond donors (Lipinski definition) is 1. The first-order chi connectivity index (χ1) is 18.6. The van der Waals surface area contributed by atoms with Gasteiger partial charge in [-0.3, -0.25) is 13.9 Å². The van der Waals surface area contributed by atoms with Crippen molar-refractivity contribution in [2.24, 2.45) is 0 Å². The third-order valence-electron chi connectivity index (χ3n) is 6.19. The van der Waals surface area contributed by atoms with Crippen molar-refractivity contribution in [3.8, 4) is 0 Å². The molecule has 0 aliphatic rings. The highest BCUT2D eigenvalue weighted by Gasteiger charge is 2.34. The highest BCUT2D eigenvalue weighted by molar-refractivity contribution is 7.92. The molecule has 10 heteroatoms. The lowest BCUT2D eigenvalue weighted by Gasteiger charge is -2.33. The minimum atomic E-state index is -4.25. The zero-order valence-corrected chi connectivity index (χ0v) is 25.9. The van der Waals surface area contributed by atoms with E-state index in [1.165, 1.54) is 29.2 Å². The van der Waals surface area contributed by atoms with Gasteiger partial charge in [-0.05, 0) is 71.4 Å². The number of nitrogens with zero attached hydrogens (tertiary/aromatic N) is 2. The first kappa shape index (κ1) is 31.5. The molecule has 0 saturated heterocycles. The van der Waals surface area contributed by atoms with Crippen LogP contribution in [0.25, 0.3) is 0 Å². The van der Waals surface area contributed by atoms with E-state index < -0.39 is 34.1 Å². The third-order valence-corrected chi connectivity index (χ3v) is 8.77. The van der Waals surface area contributed by atoms with Gasteiger partial charge in [0.05, 0.1) is 20.6 Å². The summed E-state index contributed by atoms with van der Waals surface area (Å²) in [6, 6.07) is 17.6. The fourth-order valence-electron chi connectivity index (χ4n) is 4.10. The Morgan fingerprint density at radius 3 is 2.15 bits per heavy atom. The SMILES string of the molecule is Cc1ccc(S(=O)(=O)N(CC(=O)N(Cc2cccc(C)c2)[C@@H](C)C(=O)NC(C)(C)C)c2cccc(Cl)c2Cl)cc1. The van der Waals surface area contributed by atoms with Crippen molar-refractivity contribution in [2.45, 2.75) is 64.6 Å². The summed E-state index contributed by atoms with van der Waals surface area (Å²) in [6.07, 6.45) is 0. The molecule has 0 saturated carbocycles. The van der Waals surface area contributed by atoms with Gasteiger partial charge >= 0.3 is 0 Å². The van der Waals surface area contributed by atoms with Gasteiger partial charge in [-0.15, -0.1) is 0 Å². The molecule has 0 fully saturated rings. The number of hydrogen-bond acceptors (Lipinski definition) is 4. The quantitative estimate of drug-likeness (QED) is 0.318. The van der Waals surface area contributed by atoms with Gasteiger partial charge in [0.2, 0.25) is 11.8 Å². The van der Waals surface area contributed by atoms with Gasteiger partial charge in [0, 0.05) is 12.1 Å². The fraction of sp³-hybridized carbons (Fsp3) is 0.333. The maximum absolute atomic E-state index is 14.0. The predicted octanol–water partition coefficient (Wildman–Crippen LogP) is 6.14. The molecule has 0 radical (unpaired) electrons. The van der Waals surface area contributed by atoms with Crippen LogP contribution in [0.1, 0.15) is 44.4 Å². The molecule has 1 N–H and O–H groups in total. The van der Waals surface area contributed by atoms with Crippen molar-refractivity contribution in [1.29, 1.82) is 0 Å². The Bertz CT molecular complexity index is 1490. The number of sulfonamides is 1. The molecule has 40 heavy (non-hydrogen) atoms. The molecular formula is C30H35Cl2N3O4S. The van der Waals surface area contributed by atoms with E-state index in [0.717, 1.165) is 21.0 Å². The summed E-state index contributed by atoms with van der Waals surface area (Å²) in [6.45, 7) is 10.4. The van der Waals surface area contributed by atoms with Crippen LogP contribution in [0.3, 0.4) is 0 Å². The lowest BCUT2D eigenvalue weighted by Crippen LogP contribution is -2.54. The van der Waals surface area contributed by atoms with Gasteiger partial charge in [0.25, 0.3) is 10.0 Å². The summed E-state index contributed by atoms with van der Waals surface area (Å²) in [5, 5.41) is 3.05. The minimum absolute atomic E-state index is 0.00332. The zero-order chi connectivity index (χ0) is 29.8. The van der Waals surface area contributed by atoms with E-state index in [1.807, 2.05) is 58.9 Å². The van der Waals surface area contributed by atoms with Crippen LogP contribution < -0.4 is 9.62 Å². The molecule has 0 bridgehead atoms. The topological polar surface area (TPSA) is 86.8 Å². The number of aryl methyl sites for hydroxylation is 2. The predicted molar refractivity (Wildman–Crippen MR) is 161 cm³/mol. The second kappa shape index (κ2) is 12.6. The first-order valence-electron chi connectivity index (χ1n) is 12.8. The number of nitrogens with one attached hydrogen (secondary N) is 1. The van der Waals surface area contributed by atoms with Crippen LogP contribution in [-0.4, -0.2) is 43.3 Å². The highest BCUT2D eigenvalue weighted by Crippen LogP contribution is 2.35. The van der Waals surface area contributed by atoms with Gasteiger partial charge in [-0.1, -0.05) is 76.8 Å². The molecule has 0 aliphatic carbocycles. The molecule has 3 aromatic carbocycles. The highest BCUT2D eigenvalue weighted by atomic mass is 35.5. The number of halogens is 2. The maximum atomic E-state index is 14.0. The summed E-state index contributed by atoms with van der Waals surface area (Å²) >= 11 is 12.7. The van der Waals surface area contributed by atoms with E-state index in [-0.39, 0.29) is 33.1 Å². The smallest absolute Gasteiger partial charge is 0.264 e. The molecule has 2 amide bonds. The molecule has 3 rings (SSSR count). The van der Waals surface area contributed by atoms with E-state index in [2.05, 4.69) is 5.32 Å². The average molecular weight is 605 g/mol. The summed E-state index contributed by atoms with van der Waals surface area (Å²) < 4.78 is 28.8. The standard InChI is InChI=1S/C30H35Cl2N3O4S/c1-20-13-15-24(16-14-20)40(38,39)35(26-12-8-11-25(31)28(26)32)19-27(36)34(18-23-10-7-9-21(2)17-23)22(3)29(37)33-30(4,5)6/h7-17,22H,18-19H2,1-6H3,(H,33,37)/t22-/m0/s1. The second-order valence-corrected chi connectivity index (χ2v) is 13.5. The van der Waals surface area contributed by atoms with Gasteiger partial charge < -0.3 is 10.2 Å². The summed E-state index contributed by atoms with van der Waals surface area (Å²) in [5.74, 6) is -0.938. The lowest BCUT2D eigenvalue weighted by molar-refractivity contribution is -0.140. The Labute approximate surface area is 247 Å². The van der Waals surface area contributed by atoms with Crippen LogP contribution in [0.4, 0.5) is 5.69 Å². The zero-order valence-electron chi connectivity index (χ0n) is 23.5. The average Bonchev–Trinajstić information content (AvgIpc) is 2.86. The van der Waals surface area contributed by atoms with Gasteiger partial charge in [-0.25, -0.2) is 8.42 Å². The second-order valence-electron chi connectivity index (χ2n) is 10.8. The maximum Gasteiger partial charge on any atom is 0.264 e. The molecule has 7 nitrogen and oxygen atoms in total. The Hall–Kier alpha value is -3.07. The Kier molecular flexibility index (Phi) is 9.93. The van der Waals surface area contributed by atoms with Crippen molar-refractivity contribution in [3.63, 3.8) is 0 Å². The van der Waals surface area contributed by atoms with E-state index >= 15 is 0 Å². The molecular weight excluding hydrogens is 569 g/mol. The molecule has 0 heterocycles. The first-order valence-corrected chi connectivity index (χ1v) is 15.0. The molecule has 0 aliphatic heterocycles. The monoisotopic (exact) mass is 603 g/mol. The van der Waals surface area contributed by atoms with Crippen molar-refractivity contribution < 1.29 is 18.0 Å². The summed E-state index contributed by atoms with van der Waals surface area (Å²) in [7, 11) is -4.25. The third kappa shape index (κ3) is 7.77. The fourth-order valence-corrected chi connectivity index (χ4v) is 5.97. The van der Waals surface area contributed by atoms with Crippen molar-refractivity contribution >= 4 is 50.7 Å². The van der Waals surface area contributed by atoms with Gasteiger partial charge in [0.15, 0.2) is 0 Å². The number of carbonyl (C=O) groups excluding carboxylic acids is 2. The number of amides is 2. The van der Waals surface area contributed by atoms with Crippen LogP contribution in [0.2, 0.25) is 10.0 Å². The van der Waals surface area contributed by atoms with Crippen LogP contribution >= 0.6 is 23.2 Å². The number of anilines is 1. The number of rotatable bonds is 9. The van der Waals surface area contributed by atoms with Crippen molar-refractivity contribution in [3.05, 3.63) is 93.5 Å². The lowest BCUT2D eigenvalue weighted by atomic mass is 10.1. The summed E-state index contributed by atoms with van der Waals surface area (Å²) in [5.41, 5.74) is 2.21. The Balaban J connectivity index is 2.08. The van der Waals surface area contributed by atoms with E-state index in [4.69, 9.17) is 23.2 Å². The van der Waals surface area contributed by atoms with E-state index in [0.29, 0.717) is 0 Å². The van der Waals surface area contributed by atoms with Crippen LogP contribution in [0, 0.1) is 13.8 Å². The molecule has 214 valence electrons. The minimum Gasteiger partial charge on any atom is -0.350 e. The largest absolute Gasteiger partial charge is 0.350 e. The molecule has 0 unspecified atom stereocenters. The van der Waals surface area contributed by atoms with Gasteiger partial charge in [0.1, 0.15) is 12.6 Å². The molecule has 1 atom stereocenters. The van der Waals surface area contributed by atoms with Crippen LogP contribution in [0.15, 0.2) is 71.6 Å². The van der Waals surface area contributed by atoms with Crippen molar-refractivity contribution in [2.75, 3.05) is 10.8 Å². The van der Waals surface area contributed by atoms with E-state index in [9.17, 15) is 18.0 Å². The Morgan fingerprint density at radius 1 is 0.925 bits per heavy atom. The van der Waals surface area contributed by atoms with Crippen molar-refractivity contribution in [1.82, 2.24) is 10.2 Å². The number of benzene rings is 3. The molecule has 3 aromatic rings. The van der Waals surface area contributed by atoms with E-state index in [1.54, 1.807) is 25.1 Å². The molecule has 0 spiro atoms. The van der Waals surface area contributed by atoms with Crippen LogP contribution in [0.5, 0.6) is 0 Å². The normalized spacial score (nSPS) is 12.5. The van der Waals surface area contributed by atoms with Crippen LogP contribution in [-0.2, 0) is 26.2 Å². The summed E-state index contributed by atoms with van der Waals surface area (Å²) in [4.78, 5) is 28.6. The number of carbonyl (C=O) groups is 2.